The number of amides is 1. The molecule has 0 bridgehead atoms. The van der Waals surface area contributed by atoms with Gasteiger partial charge >= 0.3 is 0 Å². The average Bonchev–Trinajstić information content (AvgIpc) is 2.28. The van der Waals surface area contributed by atoms with Crippen LogP contribution in [0.1, 0.15) is 12.5 Å². The predicted molar refractivity (Wildman–Crippen MR) is 79.5 cm³/mol. The second-order valence-corrected chi connectivity index (χ2v) is 6.46. The van der Waals surface area contributed by atoms with Gasteiger partial charge in [0.25, 0.3) is 0 Å². The molecular weight excluding hydrogens is 266 g/mol. The number of carbonyl (C=O) groups is 1. The van der Waals surface area contributed by atoms with Gasteiger partial charge in [0, 0.05) is 28.9 Å². The number of nitrogens with one attached hydrogen (secondary N) is 1. The van der Waals surface area contributed by atoms with Gasteiger partial charge < -0.3 is 5.32 Å². The Kier molecular flexibility index (Phi) is 6.43. The molecule has 1 N–H and O–H groups in total. The van der Waals surface area contributed by atoms with Crippen LogP contribution in [0.3, 0.4) is 0 Å². The lowest BCUT2D eigenvalue weighted by Crippen LogP contribution is -2.41. The molecule has 0 aliphatic rings. The molecule has 3 atom stereocenters. The molecule has 0 radical (unpaired) electrons. The van der Waals surface area contributed by atoms with E-state index in [0.29, 0.717) is 12.2 Å². The van der Waals surface area contributed by atoms with E-state index in [1.54, 1.807) is 6.26 Å². The molecular formula is C13H19NO2S2. The van der Waals surface area contributed by atoms with Gasteiger partial charge in [0.15, 0.2) is 0 Å². The molecule has 1 aromatic carbocycles. The Morgan fingerprint density at radius 2 is 2.00 bits per heavy atom. The molecule has 100 valence electrons. The fraction of sp³-hybridized carbons (Fsp3) is 0.462. The molecule has 1 rings (SSSR count). The number of rotatable bonds is 6. The van der Waals surface area contributed by atoms with Gasteiger partial charge in [-0.3, -0.25) is 9.00 Å². The molecule has 1 amide bonds. The van der Waals surface area contributed by atoms with Crippen LogP contribution in [0.15, 0.2) is 30.3 Å². The quantitative estimate of drug-likeness (QED) is 0.776. The maximum absolute atomic E-state index is 11.9. The standard InChI is InChI=1S/C13H19NO2S2/c1-10(9-18(2)16)14-13(15)12(17)8-11-6-4-3-5-7-11/h3-7,10,12,17H,8-9H2,1-2H3,(H,14,15). The van der Waals surface area contributed by atoms with Crippen molar-refractivity contribution >= 4 is 29.3 Å². The van der Waals surface area contributed by atoms with Crippen LogP contribution < -0.4 is 5.32 Å². The first-order valence-electron chi connectivity index (χ1n) is 5.81. The lowest BCUT2D eigenvalue weighted by Gasteiger charge is -2.16. The molecule has 0 saturated carbocycles. The number of carbonyl (C=O) groups excluding carboxylic acids is 1. The van der Waals surface area contributed by atoms with E-state index >= 15 is 0 Å². The Hall–Kier alpha value is -0.810. The maximum Gasteiger partial charge on any atom is 0.233 e. The van der Waals surface area contributed by atoms with Crippen LogP contribution in [-0.4, -0.2) is 33.4 Å². The zero-order valence-corrected chi connectivity index (χ0v) is 12.3. The van der Waals surface area contributed by atoms with Crippen molar-refractivity contribution in [2.75, 3.05) is 12.0 Å². The molecule has 18 heavy (non-hydrogen) atoms. The first kappa shape index (κ1) is 15.2. The van der Waals surface area contributed by atoms with Gasteiger partial charge in [0.2, 0.25) is 5.91 Å². The highest BCUT2D eigenvalue weighted by Gasteiger charge is 2.16. The van der Waals surface area contributed by atoms with Gasteiger partial charge in [-0.25, -0.2) is 0 Å². The normalized spacial score (nSPS) is 15.7. The average molecular weight is 285 g/mol. The third kappa shape index (κ3) is 5.69. The van der Waals surface area contributed by atoms with Crippen molar-refractivity contribution in [1.29, 1.82) is 0 Å². The molecule has 3 unspecified atom stereocenters. The summed E-state index contributed by atoms with van der Waals surface area (Å²) >= 11 is 4.31. The van der Waals surface area contributed by atoms with Crippen LogP contribution in [0.2, 0.25) is 0 Å². The Morgan fingerprint density at radius 3 is 2.56 bits per heavy atom. The summed E-state index contributed by atoms with van der Waals surface area (Å²) in [5.41, 5.74) is 1.08. The van der Waals surface area contributed by atoms with Crippen molar-refractivity contribution in [1.82, 2.24) is 5.32 Å². The Morgan fingerprint density at radius 1 is 1.39 bits per heavy atom. The van der Waals surface area contributed by atoms with Crippen molar-refractivity contribution in [3.05, 3.63) is 35.9 Å². The van der Waals surface area contributed by atoms with Crippen molar-refractivity contribution in [3.63, 3.8) is 0 Å². The minimum absolute atomic E-state index is 0.0891. The Labute approximate surface area is 116 Å². The van der Waals surface area contributed by atoms with Gasteiger partial charge in [-0.05, 0) is 18.9 Å². The second kappa shape index (κ2) is 7.59. The van der Waals surface area contributed by atoms with Gasteiger partial charge in [-0.15, -0.1) is 0 Å². The monoisotopic (exact) mass is 285 g/mol. The molecule has 0 aliphatic heterocycles. The zero-order chi connectivity index (χ0) is 13.5. The van der Waals surface area contributed by atoms with E-state index in [9.17, 15) is 9.00 Å². The molecule has 0 heterocycles. The Balaban J connectivity index is 2.44. The first-order valence-corrected chi connectivity index (χ1v) is 8.05. The van der Waals surface area contributed by atoms with E-state index in [2.05, 4.69) is 17.9 Å². The van der Waals surface area contributed by atoms with Crippen LogP contribution in [-0.2, 0) is 22.0 Å². The van der Waals surface area contributed by atoms with Gasteiger partial charge in [-0.1, -0.05) is 30.3 Å². The van der Waals surface area contributed by atoms with E-state index < -0.39 is 10.8 Å². The van der Waals surface area contributed by atoms with E-state index in [4.69, 9.17) is 0 Å². The number of hydrogen-bond acceptors (Lipinski definition) is 3. The predicted octanol–water partition coefficient (Wildman–Crippen LogP) is 1.41. The van der Waals surface area contributed by atoms with Crippen molar-refractivity contribution in [2.45, 2.75) is 24.6 Å². The smallest absolute Gasteiger partial charge is 0.233 e. The summed E-state index contributed by atoms with van der Waals surface area (Å²) in [4.78, 5) is 11.9. The van der Waals surface area contributed by atoms with Gasteiger partial charge in [-0.2, -0.15) is 12.6 Å². The Bertz CT molecular complexity index is 409. The molecule has 0 fully saturated rings. The van der Waals surface area contributed by atoms with Crippen LogP contribution >= 0.6 is 12.6 Å². The van der Waals surface area contributed by atoms with Crippen molar-refractivity contribution in [3.8, 4) is 0 Å². The highest BCUT2D eigenvalue weighted by Crippen LogP contribution is 2.08. The first-order chi connectivity index (χ1) is 8.49. The third-order valence-electron chi connectivity index (χ3n) is 2.45. The SMILES string of the molecule is CC(CS(C)=O)NC(=O)C(S)Cc1ccccc1. The number of thiol groups is 1. The molecule has 1 aromatic rings. The van der Waals surface area contributed by atoms with E-state index in [0.717, 1.165) is 5.56 Å². The summed E-state index contributed by atoms with van der Waals surface area (Å²) in [6.07, 6.45) is 2.22. The zero-order valence-electron chi connectivity index (χ0n) is 10.6. The van der Waals surface area contributed by atoms with Crippen LogP contribution in [0.25, 0.3) is 0 Å². The minimum atomic E-state index is -0.903. The van der Waals surface area contributed by atoms with Crippen LogP contribution in [0, 0.1) is 0 Å². The van der Waals surface area contributed by atoms with E-state index in [-0.39, 0.29) is 17.2 Å². The summed E-state index contributed by atoms with van der Waals surface area (Å²) in [5, 5.41) is 2.45. The number of hydrogen-bond donors (Lipinski definition) is 2. The van der Waals surface area contributed by atoms with Crippen LogP contribution in [0.5, 0.6) is 0 Å². The second-order valence-electron chi connectivity index (χ2n) is 4.36. The largest absolute Gasteiger partial charge is 0.352 e. The van der Waals surface area contributed by atoms with Crippen molar-refractivity contribution < 1.29 is 9.00 Å². The van der Waals surface area contributed by atoms with Crippen LogP contribution in [0.4, 0.5) is 0 Å². The van der Waals surface area contributed by atoms with E-state index in [1.807, 2.05) is 37.3 Å². The number of benzene rings is 1. The summed E-state index contributed by atoms with van der Waals surface area (Å²) in [5.74, 6) is 0.359. The summed E-state index contributed by atoms with van der Waals surface area (Å²) in [6, 6.07) is 9.68. The molecule has 5 heteroatoms. The highest BCUT2D eigenvalue weighted by molar-refractivity contribution is 7.84. The molecule has 0 aromatic heterocycles. The molecule has 0 saturated heterocycles. The highest BCUT2D eigenvalue weighted by atomic mass is 32.2. The lowest BCUT2D eigenvalue weighted by molar-refractivity contribution is -0.120. The minimum Gasteiger partial charge on any atom is -0.352 e. The fourth-order valence-corrected chi connectivity index (χ4v) is 2.74. The fourth-order valence-electron chi connectivity index (χ4n) is 1.66. The summed E-state index contributed by atoms with van der Waals surface area (Å²) in [7, 11) is -0.903. The molecule has 3 nitrogen and oxygen atoms in total. The topological polar surface area (TPSA) is 46.2 Å². The summed E-state index contributed by atoms with van der Waals surface area (Å²) in [6.45, 7) is 1.85. The van der Waals surface area contributed by atoms with Gasteiger partial charge in [0.1, 0.15) is 0 Å². The third-order valence-corrected chi connectivity index (χ3v) is 3.83. The summed E-state index contributed by atoms with van der Waals surface area (Å²) < 4.78 is 11.0. The molecule has 0 aliphatic carbocycles. The van der Waals surface area contributed by atoms with Crippen molar-refractivity contribution in [2.24, 2.45) is 0 Å². The maximum atomic E-state index is 11.9. The van der Waals surface area contributed by atoms with E-state index in [1.165, 1.54) is 0 Å². The molecule has 0 spiro atoms. The lowest BCUT2D eigenvalue weighted by atomic mass is 10.1. The van der Waals surface area contributed by atoms with Gasteiger partial charge in [0.05, 0.1) is 5.25 Å².